The third-order valence-electron chi connectivity index (χ3n) is 4.36. The van der Waals surface area contributed by atoms with E-state index in [-0.39, 0.29) is 23.3 Å². The van der Waals surface area contributed by atoms with E-state index in [1.54, 1.807) is 29.8 Å². The normalized spacial score (nSPS) is 11.5. The third kappa shape index (κ3) is 4.74. The van der Waals surface area contributed by atoms with Crippen molar-refractivity contribution in [1.82, 2.24) is 24.9 Å². The number of aromatic nitrogens is 5. The molecule has 0 bridgehead atoms. The Morgan fingerprint density at radius 1 is 1.12 bits per heavy atom. The molecule has 0 fully saturated rings. The quantitative estimate of drug-likeness (QED) is 0.484. The summed E-state index contributed by atoms with van der Waals surface area (Å²) in [5.41, 5.74) is 6.92. The third-order valence-corrected chi connectivity index (χ3v) is 4.36. The fraction of sp³-hybridized carbons (Fsp3) is 0.150. The number of aryl methyl sites for hydroxylation is 1. The van der Waals surface area contributed by atoms with Gasteiger partial charge in [-0.15, -0.1) is 18.3 Å². The van der Waals surface area contributed by atoms with Gasteiger partial charge in [-0.3, -0.25) is 4.79 Å². The minimum Gasteiger partial charge on any atom is -0.406 e. The molecule has 0 saturated heterocycles. The molecule has 0 unspecified atom stereocenters. The second kappa shape index (κ2) is 8.13. The molecule has 0 radical (unpaired) electrons. The van der Waals surface area contributed by atoms with Crippen molar-refractivity contribution in [3.05, 3.63) is 65.5 Å². The number of rotatable bonds is 6. The van der Waals surface area contributed by atoms with Gasteiger partial charge in [-0.25, -0.2) is 9.67 Å². The number of ether oxygens (including phenoxy) is 1. The molecule has 9 nitrogen and oxygen atoms in total. The second-order valence-corrected chi connectivity index (χ2v) is 6.70. The van der Waals surface area contributed by atoms with Gasteiger partial charge in [0.2, 0.25) is 17.6 Å². The Kier molecular flexibility index (Phi) is 5.34. The molecule has 0 saturated carbocycles. The number of carbonyl (C=O) groups excluding carboxylic acids is 1. The first kappa shape index (κ1) is 21.0. The predicted octanol–water partition coefficient (Wildman–Crippen LogP) is 3.35. The molecule has 164 valence electrons. The molecule has 32 heavy (non-hydrogen) atoms. The zero-order valence-electron chi connectivity index (χ0n) is 16.5. The number of nitrogens with two attached hydrogens (primary N) is 1. The first-order valence-corrected chi connectivity index (χ1v) is 9.18. The van der Waals surface area contributed by atoms with Crippen LogP contribution in [0.3, 0.4) is 0 Å². The molecule has 12 heteroatoms. The van der Waals surface area contributed by atoms with Crippen LogP contribution < -0.4 is 10.5 Å². The van der Waals surface area contributed by atoms with Crippen LogP contribution in [0.25, 0.3) is 23.1 Å². The Hall–Kier alpha value is -4.22. The molecule has 2 heterocycles. The molecule has 0 aliphatic carbocycles. The number of nitrogens with zero attached hydrogens (tertiary/aromatic N) is 5. The number of halogens is 3. The monoisotopic (exact) mass is 444 g/mol. The fourth-order valence-corrected chi connectivity index (χ4v) is 2.89. The summed E-state index contributed by atoms with van der Waals surface area (Å²) in [6.45, 7) is 2.08. The van der Waals surface area contributed by atoms with Gasteiger partial charge in [-0.2, -0.15) is 4.98 Å². The highest BCUT2D eigenvalue weighted by molar-refractivity contribution is 5.92. The van der Waals surface area contributed by atoms with Gasteiger partial charge < -0.3 is 15.0 Å². The maximum Gasteiger partial charge on any atom is 0.573 e. The smallest absolute Gasteiger partial charge is 0.406 e. The first-order valence-electron chi connectivity index (χ1n) is 9.18. The summed E-state index contributed by atoms with van der Waals surface area (Å²) < 4.78 is 47.5. The maximum absolute atomic E-state index is 12.3. The van der Waals surface area contributed by atoms with Crippen molar-refractivity contribution >= 4 is 5.91 Å². The molecule has 0 aliphatic rings. The highest BCUT2D eigenvalue weighted by Crippen LogP contribution is 2.26. The average Bonchev–Trinajstić information content (AvgIpc) is 3.35. The van der Waals surface area contributed by atoms with Gasteiger partial charge in [0.25, 0.3) is 5.89 Å². The number of benzene rings is 2. The first-order chi connectivity index (χ1) is 15.2. The molecular weight excluding hydrogens is 429 g/mol. The van der Waals surface area contributed by atoms with Crippen molar-refractivity contribution in [3.63, 3.8) is 0 Å². The summed E-state index contributed by atoms with van der Waals surface area (Å²) in [4.78, 5) is 19.9. The Morgan fingerprint density at radius 3 is 2.56 bits per heavy atom. The van der Waals surface area contributed by atoms with Crippen molar-refractivity contribution in [2.24, 2.45) is 5.73 Å². The molecule has 0 aliphatic heterocycles. The van der Waals surface area contributed by atoms with Crippen LogP contribution in [-0.4, -0.2) is 37.2 Å². The van der Waals surface area contributed by atoms with Gasteiger partial charge in [0, 0.05) is 11.1 Å². The SMILES string of the molecule is Cc1nc(-c2nc(-c3ccc(OC(F)(F)F)cc3)no2)nn1Cc1cccc(C(N)=O)c1. The number of alkyl halides is 3. The number of amides is 1. The van der Waals surface area contributed by atoms with Gasteiger partial charge in [0.15, 0.2) is 0 Å². The topological polar surface area (TPSA) is 122 Å². The van der Waals surface area contributed by atoms with E-state index in [9.17, 15) is 18.0 Å². The molecule has 4 rings (SSSR count). The van der Waals surface area contributed by atoms with Gasteiger partial charge in [-0.1, -0.05) is 17.3 Å². The van der Waals surface area contributed by atoms with Crippen LogP contribution in [0.15, 0.2) is 53.1 Å². The summed E-state index contributed by atoms with van der Waals surface area (Å²) in [6, 6.07) is 11.9. The molecule has 0 spiro atoms. The Morgan fingerprint density at radius 2 is 1.88 bits per heavy atom. The molecule has 2 N–H and O–H groups in total. The molecule has 2 aromatic carbocycles. The van der Waals surface area contributed by atoms with Crippen LogP contribution in [0.5, 0.6) is 5.75 Å². The molecule has 2 aromatic heterocycles. The van der Waals surface area contributed by atoms with Gasteiger partial charge in [0.1, 0.15) is 11.6 Å². The van der Waals surface area contributed by atoms with Crippen LogP contribution in [-0.2, 0) is 6.54 Å². The van der Waals surface area contributed by atoms with E-state index in [2.05, 4.69) is 25.0 Å². The van der Waals surface area contributed by atoms with Crippen LogP contribution in [0.2, 0.25) is 0 Å². The predicted molar refractivity (Wildman–Crippen MR) is 104 cm³/mol. The lowest BCUT2D eigenvalue weighted by atomic mass is 10.1. The van der Waals surface area contributed by atoms with E-state index >= 15 is 0 Å². The number of hydrogen-bond donors (Lipinski definition) is 1. The second-order valence-electron chi connectivity index (χ2n) is 6.70. The Bertz CT molecular complexity index is 1260. The van der Waals surface area contributed by atoms with Crippen molar-refractivity contribution < 1.29 is 27.2 Å². The van der Waals surface area contributed by atoms with Crippen LogP contribution in [0.1, 0.15) is 21.7 Å². The van der Waals surface area contributed by atoms with Crippen molar-refractivity contribution in [1.29, 1.82) is 0 Å². The highest BCUT2D eigenvalue weighted by atomic mass is 19.4. The highest BCUT2D eigenvalue weighted by Gasteiger charge is 2.31. The molecule has 4 aromatic rings. The zero-order chi connectivity index (χ0) is 22.9. The maximum atomic E-state index is 12.3. The van der Waals surface area contributed by atoms with E-state index in [1.165, 1.54) is 12.1 Å². The summed E-state index contributed by atoms with van der Waals surface area (Å²) in [5.74, 6) is 0.0629. The van der Waals surface area contributed by atoms with E-state index in [0.717, 1.165) is 17.7 Å². The van der Waals surface area contributed by atoms with Gasteiger partial charge in [-0.05, 0) is 48.9 Å². The van der Waals surface area contributed by atoms with Gasteiger partial charge >= 0.3 is 6.36 Å². The van der Waals surface area contributed by atoms with E-state index < -0.39 is 12.3 Å². The van der Waals surface area contributed by atoms with Crippen LogP contribution in [0.4, 0.5) is 13.2 Å². The Labute approximate surface area is 178 Å². The van der Waals surface area contributed by atoms with E-state index in [1.807, 2.05) is 6.07 Å². The number of hydrogen-bond acceptors (Lipinski definition) is 7. The minimum atomic E-state index is -4.77. The molecule has 1 amide bonds. The lowest BCUT2D eigenvalue weighted by Crippen LogP contribution is -2.16. The molecule has 0 atom stereocenters. The standard InChI is InChI=1S/C20H15F3N6O3/c1-11-25-18(27-29(11)10-12-3-2-4-14(9-12)16(24)30)19-26-17(28-32-19)13-5-7-15(8-6-13)31-20(21,22)23/h2-9H,10H2,1H3,(H2,24,30). The molecular formula is C20H15F3N6O3. The largest absolute Gasteiger partial charge is 0.573 e. The van der Waals surface area contributed by atoms with Gasteiger partial charge in [0.05, 0.1) is 6.54 Å². The van der Waals surface area contributed by atoms with Crippen molar-refractivity contribution in [2.75, 3.05) is 0 Å². The lowest BCUT2D eigenvalue weighted by Gasteiger charge is -2.08. The van der Waals surface area contributed by atoms with Crippen LogP contribution in [0, 0.1) is 6.92 Å². The van der Waals surface area contributed by atoms with E-state index in [0.29, 0.717) is 23.5 Å². The van der Waals surface area contributed by atoms with Crippen molar-refractivity contribution in [3.8, 4) is 28.9 Å². The fourth-order valence-electron chi connectivity index (χ4n) is 2.89. The average molecular weight is 444 g/mol. The van der Waals surface area contributed by atoms with E-state index in [4.69, 9.17) is 10.3 Å². The summed E-state index contributed by atoms with van der Waals surface area (Å²) in [6.07, 6.45) is -4.77. The minimum absolute atomic E-state index is 0.0448. The van der Waals surface area contributed by atoms with Crippen molar-refractivity contribution in [2.45, 2.75) is 19.8 Å². The summed E-state index contributed by atoms with van der Waals surface area (Å²) in [5, 5.41) is 8.19. The summed E-state index contributed by atoms with van der Waals surface area (Å²) >= 11 is 0. The Balaban J connectivity index is 1.52. The van der Waals surface area contributed by atoms with Crippen LogP contribution >= 0.6 is 0 Å². The number of primary amides is 1. The zero-order valence-corrected chi connectivity index (χ0v) is 16.5. The summed E-state index contributed by atoms with van der Waals surface area (Å²) in [7, 11) is 0. The lowest BCUT2D eigenvalue weighted by molar-refractivity contribution is -0.274. The number of carbonyl (C=O) groups is 1.